The number of hydrogen-bond donors (Lipinski definition) is 0. The second-order valence-electron chi connectivity index (χ2n) is 5.62. The average molecular weight is 252 g/mol. The van der Waals surface area contributed by atoms with E-state index in [-0.39, 0.29) is 0 Å². The van der Waals surface area contributed by atoms with Crippen LogP contribution >= 0.6 is 0 Å². The van der Waals surface area contributed by atoms with Crippen LogP contribution in [0, 0.1) is 23.5 Å². The summed E-state index contributed by atoms with van der Waals surface area (Å²) in [6, 6.07) is 4.28. The van der Waals surface area contributed by atoms with Crippen molar-refractivity contribution in [2.45, 2.75) is 51.9 Å². The Morgan fingerprint density at radius 1 is 1.06 bits per heavy atom. The molecule has 1 fully saturated rings. The first kappa shape index (κ1) is 13.5. The minimum absolute atomic E-state index is 0.720. The van der Waals surface area contributed by atoms with Crippen molar-refractivity contribution >= 4 is 0 Å². The smallest absolute Gasteiger partial charge is 0.159 e. The Balaban J connectivity index is 1.80. The lowest BCUT2D eigenvalue weighted by Crippen LogP contribution is -1.99. The molecule has 2 heteroatoms. The molecule has 0 saturated heterocycles. The van der Waals surface area contributed by atoms with Crippen molar-refractivity contribution in [2.24, 2.45) is 11.8 Å². The third-order valence-corrected chi connectivity index (χ3v) is 4.17. The summed E-state index contributed by atoms with van der Waals surface area (Å²) in [6.45, 7) is 2.24. The fourth-order valence-electron chi connectivity index (χ4n) is 3.18. The zero-order valence-electron chi connectivity index (χ0n) is 11.1. The van der Waals surface area contributed by atoms with Crippen molar-refractivity contribution in [3.05, 3.63) is 35.4 Å². The first-order valence-corrected chi connectivity index (χ1v) is 7.13. The van der Waals surface area contributed by atoms with Crippen LogP contribution in [-0.4, -0.2) is 0 Å². The van der Waals surface area contributed by atoms with Crippen LogP contribution in [0.15, 0.2) is 18.2 Å². The van der Waals surface area contributed by atoms with Crippen LogP contribution in [0.4, 0.5) is 8.78 Å². The Bertz CT molecular complexity index is 387. The van der Waals surface area contributed by atoms with E-state index in [1.165, 1.54) is 44.2 Å². The van der Waals surface area contributed by atoms with Gasteiger partial charge in [0.05, 0.1) is 0 Å². The molecule has 0 N–H and O–H groups in total. The molecular formula is C16H22F2. The first-order valence-electron chi connectivity index (χ1n) is 7.13. The normalized spacial score (nSPS) is 23.5. The first-order chi connectivity index (χ1) is 8.69. The van der Waals surface area contributed by atoms with E-state index in [0.717, 1.165) is 30.2 Å². The molecule has 1 aliphatic rings. The van der Waals surface area contributed by atoms with Crippen molar-refractivity contribution in [2.75, 3.05) is 0 Å². The highest BCUT2D eigenvalue weighted by atomic mass is 19.2. The van der Waals surface area contributed by atoms with E-state index in [1.54, 1.807) is 6.07 Å². The van der Waals surface area contributed by atoms with Crippen LogP contribution in [0.2, 0.25) is 0 Å². The monoisotopic (exact) mass is 252 g/mol. The maximum Gasteiger partial charge on any atom is 0.159 e. The molecule has 1 aromatic rings. The predicted octanol–water partition coefficient (Wildman–Crippen LogP) is 5.11. The SMILES string of the molecule is CCCC1CCC(CCc2ccc(F)c(F)c2)C1. The summed E-state index contributed by atoms with van der Waals surface area (Å²) in [4.78, 5) is 0. The molecule has 0 heterocycles. The third kappa shape index (κ3) is 3.54. The van der Waals surface area contributed by atoms with E-state index >= 15 is 0 Å². The maximum atomic E-state index is 13.1. The molecule has 0 bridgehead atoms. The highest BCUT2D eigenvalue weighted by molar-refractivity contribution is 5.17. The summed E-state index contributed by atoms with van der Waals surface area (Å²) >= 11 is 0. The van der Waals surface area contributed by atoms with Gasteiger partial charge in [-0.3, -0.25) is 0 Å². The van der Waals surface area contributed by atoms with Crippen molar-refractivity contribution in [3.8, 4) is 0 Å². The average Bonchev–Trinajstić information content (AvgIpc) is 2.79. The topological polar surface area (TPSA) is 0 Å². The minimum atomic E-state index is -0.748. The fourth-order valence-corrected chi connectivity index (χ4v) is 3.18. The molecule has 0 radical (unpaired) electrons. The van der Waals surface area contributed by atoms with Crippen LogP contribution in [0.25, 0.3) is 0 Å². The third-order valence-electron chi connectivity index (χ3n) is 4.17. The van der Waals surface area contributed by atoms with Gasteiger partial charge in [-0.1, -0.05) is 38.7 Å². The summed E-state index contributed by atoms with van der Waals surface area (Å²) in [5.41, 5.74) is 0.924. The lowest BCUT2D eigenvalue weighted by molar-refractivity contribution is 0.442. The van der Waals surface area contributed by atoms with Gasteiger partial charge in [0.15, 0.2) is 11.6 Å². The molecule has 0 aromatic heterocycles. The zero-order valence-corrected chi connectivity index (χ0v) is 11.1. The van der Waals surface area contributed by atoms with E-state index in [2.05, 4.69) is 6.92 Å². The summed E-state index contributed by atoms with van der Waals surface area (Å²) in [7, 11) is 0. The van der Waals surface area contributed by atoms with Crippen LogP contribution in [0.1, 0.15) is 51.0 Å². The Hall–Kier alpha value is -0.920. The Morgan fingerprint density at radius 2 is 1.78 bits per heavy atom. The molecule has 0 spiro atoms. The molecule has 100 valence electrons. The molecule has 0 amide bonds. The highest BCUT2D eigenvalue weighted by Gasteiger charge is 2.23. The molecule has 1 aliphatic carbocycles. The summed E-state index contributed by atoms with van der Waals surface area (Å²) in [6.07, 6.45) is 8.62. The lowest BCUT2D eigenvalue weighted by Gasteiger charge is -2.10. The van der Waals surface area contributed by atoms with E-state index in [0.29, 0.717) is 0 Å². The van der Waals surface area contributed by atoms with Crippen LogP contribution in [0.3, 0.4) is 0 Å². The molecule has 0 nitrogen and oxygen atoms in total. The number of rotatable bonds is 5. The van der Waals surface area contributed by atoms with E-state index in [9.17, 15) is 8.78 Å². The van der Waals surface area contributed by atoms with Crippen LogP contribution in [0.5, 0.6) is 0 Å². The highest BCUT2D eigenvalue weighted by Crippen LogP contribution is 2.36. The summed E-state index contributed by atoms with van der Waals surface area (Å²) < 4.78 is 25.9. The molecule has 2 atom stereocenters. The van der Waals surface area contributed by atoms with Gasteiger partial charge in [-0.05, 0) is 48.8 Å². The Kier molecular flexibility index (Phi) is 4.73. The van der Waals surface area contributed by atoms with Gasteiger partial charge in [-0.15, -0.1) is 0 Å². The number of hydrogen-bond acceptors (Lipinski definition) is 0. The van der Waals surface area contributed by atoms with Gasteiger partial charge >= 0.3 is 0 Å². The Morgan fingerprint density at radius 3 is 2.44 bits per heavy atom. The van der Waals surface area contributed by atoms with Gasteiger partial charge in [-0.25, -0.2) is 8.78 Å². The van der Waals surface area contributed by atoms with Gasteiger partial charge in [0, 0.05) is 0 Å². The van der Waals surface area contributed by atoms with Crippen LogP contribution < -0.4 is 0 Å². The largest absolute Gasteiger partial charge is 0.204 e. The molecule has 2 rings (SSSR count). The van der Waals surface area contributed by atoms with E-state index < -0.39 is 11.6 Å². The van der Waals surface area contributed by atoms with Gasteiger partial charge in [0.25, 0.3) is 0 Å². The Labute approximate surface area is 108 Å². The molecule has 2 unspecified atom stereocenters. The second-order valence-corrected chi connectivity index (χ2v) is 5.62. The van der Waals surface area contributed by atoms with Gasteiger partial charge in [0.1, 0.15) is 0 Å². The second kappa shape index (κ2) is 6.31. The summed E-state index contributed by atoms with van der Waals surface area (Å²) in [5, 5.41) is 0. The van der Waals surface area contributed by atoms with Crippen LogP contribution in [-0.2, 0) is 6.42 Å². The predicted molar refractivity (Wildman–Crippen MR) is 70.4 cm³/mol. The number of benzene rings is 1. The standard InChI is InChI=1S/C16H22F2/c1-2-3-12-4-5-13(10-12)6-7-14-8-9-15(17)16(18)11-14/h8-9,11-13H,2-7,10H2,1H3. The van der Waals surface area contributed by atoms with E-state index in [1.807, 2.05) is 0 Å². The van der Waals surface area contributed by atoms with Gasteiger partial charge in [-0.2, -0.15) is 0 Å². The van der Waals surface area contributed by atoms with Crippen molar-refractivity contribution in [3.63, 3.8) is 0 Å². The molecule has 1 saturated carbocycles. The van der Waals surface area contributed by atoms with Crippen molar-refractivity contribution in [1.82, 2.24) is 0 Å². The lowest BCUT2D eigenvalue weighted by atomic mass is 9.95. The number of halogens is 2. The number of aryl methyl sites for hydroxylation is 1. The van der Waals surface area contributed by atoms with Gasteiger partial charge in [0.2, 0.25) is 0 Å². The van der Waals surface area contributed by atoms with Gasteiger partial charge < -0.3 is 0 Å². The molecular weight excluding hydrogens is 230 g/mol. The molecule has 1 aromatic carbocycles. The minimum Gasteiger partial charge on any atom is -0.204 e. The summed E-state index contributed by atoms with van der Waals surface area (Å²) in [5.74, 6) is 0.227. The quantitative estimate of drug-likeness (QED) is 0.682. The molecule has 0 aliphatic heterocycles. The fraction of sp³-hybridized carbons (Fsp3) is 0.625. The maximum absolute atomic E-state index is 13.1. The van der Waals surface area contributed by atoms with E-state index in [4.69, 9.17) is 0 Å². The van der Waals surface area contributed by atoms with Crippen molar-refractivity contribution < 1.29 is 8.78 Å². The van der Waals surface area contributed by atoms with Crippen molar-refractivity contribution in [1.29, 1.82) is 0 Å². The zero-order chi connectivity index (χ0) is 13.0. The molecule has 18 heavy (non-hydrogen) atoms.